The number of ether oxygens (including phenoxy) is 2. The molecule has 0 spiro atoms. The predicted molar refractivity (Wildman–Crippen MR) is 48.5 cm³/mol. The number of rotatable bonds is 5. The monoisotopic (exact) mass is 204 g/mol. The van der Waals surface area contributed by atoms with Crippen LogP contribution in [0.4, 0.5) is 0 Å². The van der Waals surface area contributed by atoms with Gasteiger partial charge in [-0.2, -0.15) is 0 Å². The van der Waals surface area contributed by atoms with Crippen LogP contribution in [0, 0.1) is 0 Å². The molecule has 1 N–H and O–H groups in total. The van der Waals surface area contributed by atoms with Crippen LogP contribution in [0.3, 0.4) is 0 Å². The molecule has 0 amide bonds. The van der Waals surface area contributed by atoms with Gasteiger partial charge >= 0.3 is 5.97 Å². The van der Waals surface area contributed by atoms with Crippen molar-refractivity contribution in [3.05, 3.63) is 0 Å². The van der Waals surface area contributed by atoms with E-state index in [9.17, 15) is 14.7 Å². The molecule has 0 saturated heterocycles. The number of hydrogen-bond acceptors (Lipinski definition) is 5. The summed E-state index contributed by atoms with van der Waals surface area (Å²) in [4.78, 5) is 21.7. The Morgan fingerprint density at radius 3 is 2.21 bits per heavy atom. The van der Waals surface area contributed by atoms with Crippen LogP contribution in [-0.2, 0) is 19.1 Å². The zero-order valence-corrected chi connectivity index (χ0v) is 8.86. The van der Waals surface area contributed by atoms with Crippen LogP contribution in [0.15, 0.2) is 0 Å². The van der Waals surface area contributed by atoms with Gasteiger partial charge in [-0.15, -0.1) is 0 Å². The molecule has 0 fully saturated rings. The van der Waals surface area contributed by atoms with Crippen LogP contribution in [0.1, 0.15) is 27.7 Å². The lowest BCUT2D eigenvalue weighted by atomic mass is 9.87. The minimum absolute atomic E-state index is 0.120. The van der Waals surface area contributed by atoms with Crippen molar-refractivity contribution < 1.29 is 24.2 Å². The highest BCUT2D eigenvalue weighted by Gasteiger charge is 2.50. The van der Waals surface area contributed by atoms with E-state index in [0.717, 1.165) is 0 Å². The Morgan fingerprint density at radius 1 is 1.43 bits per heavy atom. The molecule has 0 aromatic carbocycles. The zero-order chi connectivity index (χ0) is 11.4. The van der Waals surface area contributed by atoms with E-state index in [0.29, 0.717) is 0 Å². The summed E-state index contributed by atoms with van der Waals surface area (Å²) in [5.41, 5.74) is -3.18. The van der Waals surface area contributed by atoms with Crippen molar-refractivity contribution in [1.29, 1.82) is 0 Å². The van der Waals surface area contributed by atoms with Crippen LogP contribution < -0.4 is 0 Å². The number of hydrogen-bond donors (Lipinski definition) is 1. The first kappa shape index (κ1) is 12.9. The Bertz CT molecular complexity index is 218. The Morgan fingerprint density at radius 2 is 1.93 bits per heavy atom. The van der Waals surface area contributed by atoms with Gasteiger partial charge in [0, 0.05) is 0 Å². The van der Waals surface area contributed by atoms with Gasteiger partial charge in [0.25, 0.3) is 6.47 Å². The van der Waals surface area contributed by atoms with Crippen molar-refractivity contribution >= 4 is 12.4 Å². The zero-order valence-electron chi connectivity index (χ0n) is 8.86. The fourth-order valence-electron chi connectivity index (χ4n) is 0.807. The van der Waals surface area contributed by atoms with E-state index < -0.39 is 17.2 Å². The molecular weight excluding hydrogens is 188 g/mol. The van der Waals surface area contributed by atoms with E-state index in [-0.39, 0.29) is 13.1 Å². The first-order valence-electron chi connectivity index (χ1n) is 4.30. The average Bonchev–Trinajstić information content (AvgIpc) is 2.03. The van der Waals surface area contributed by atoms with Gasteiger partial charge in [-0.05, 0) is 27.7 Å². The summed E-state index contributed by atoms with van der Waals surface area (Å²) in [6.07, 6.45) is 0. The molecule has 0 aliphatic carbocycles. The number of carbonyl (C=O) groups is 2. The highest BCUT2D eigenvalue weighted by molar-refractivity contribution is 5.82. The van der Waals surface area contributed by atoms with Crippen molar-refractivity contribution in [2.75, 3.05) is 6.61 Å². The summed E-state index contributed by atoms with van der Waals surface area (Å²) >= 11 is 0. The van der Waals surface area contributed by atoms with Gasteiger partial charge in [-0.25, -0.2) is 4.79 Å². The fourth-order valence-corrected chi connectivity index (χ4v) is 0.807. The molecule has 0 aliphatic heterocycles. The number of esters is 1. The molecular formula is C9H16O5. The third-order valence-corrected chi connectivity index (χ3v) is 2.12. The lowest BCUT2D eigenvalue weighted by Crippen LogP contribution is -2.56. The predicted octanol–water partition coefficient (Wildman–Crippen LogP) is 0.252. The van der Waals surface area contributed by atoms with Gasteiger partial charge in [0.15, 0.2) is 0 Å². The van der Waals surface area contributed by atoms with Crippen LogP contribution in [-0.4, -0.2) is 35.4 Å². The standard InChI is InChI=1S/C9H16O5/c1-5-13-7(11)9(4,14-6-10)8(2,3)12/h6,12H,5H2,1-4H3/t9-/m1/s1. The summed E-state index contributed by atoms with van der Waals surface area (Å²) in [6, 6.07) is 0. The second kappa shape index (κ2) is 4.41. The molecule has 0 aliphatic rings. The SMILES string of the molecule is CCOC(=O)[C@@](C)(OC=O)C(C)(C)O. The Hall–Kier alpha value is -1.10. The second-order valence-electron chi connectivity index (χ2n) is 3.53. The van der Waals surface area contributed by atoms with Gasteiger partial charge in [0.05, 0.1) is 6.61 Å². The molecule has 0 bridgehead atoms. The lowest BCUT2D eigenvalue weighted by molar-refractivity contribution is -0.198. The first-order chi connectivity index (χ1) is 6.29. The summed E-state index contributed by atoms with van der Waals surface area (Å²) in [6.45, 7) is 5.95. The maximum Gasteiger partial charge on any atom is 0.353 e. The maximum atomic E-state index is 11.4. The summed E-state index contributed by atoms with van der Waals surface area (Å²) < 4.78 is 9.31. The summed E-state index contributed by atoms with van der Waals surface area (Å²) in [7, 11) is 0. The normalized spacial score (nSPS) is 15.5. The van der Waals surface area contributed by atoms with Gasteiger partial charge in [0.1, 0.15) is 5.60 Å². The van der Waals surface area contributed by atoms with E-state index >= 15 is 0 Å². The molecule has 0 aromatic rings. The van der Waals surface area contributed by atoms with Crippen molar-refractivity contribution in [2.45, 2.75) is 38.9 Å². The third-order valence-electron chi connectivity index (χ3n) is 2.12. The smallest absolute Gasteiger partial charge is 0.353 e. The Kier molecular flexibility index (Phi) is 4.07. The molecule has 0 heterocycles. The minimum atomic E-state index is -1.68. The van der Waals surface area contributed by atoms with Gasteiger partial charge in [-0.3, -0.25) is 4.79 Å². The average molecular weight is 204 g/mol. The quantitative estimate of drug-likeness (QED) is 0.513. The van der Waals surface area contributed by atoms with E-state index in [4.69, 9.17) is 4.74 Å². The molecule has 5 heteroatoms. The molecule has 5 nitrogen and oxygen atoms in total. The molecule has 0 saturated carbocycles. The second-order valence-corrected chi connectivity index (χ2v) is 3.53. The van der Waals surface area contributed by atoms with E-state index in [1.54, 1.807) is 6.92 Å². The first-order valence-corrected chi connectivity index (χ1v) is 4.30. The van der Waals surface area contributed by atoms with Crippen LogP contribution in [0.5, 0.6) is 0 Å². The largest absolute Gasteiger partial charge is 0.463 e. The molecule has 0 radical (unpaired) electrons. The highest BCUT2D eigenvalue weighted by Crippen LogP contribution is 2.26. The summed E-state index contributed by atoms with van der Waals surface area (Å²) in [5, 5.41) is 9.68. The third kappa shape index (κ3) is 2.45. The molecule has 0 rings (SSSR count). The van der Waals surface area contributed by atoms with E-state index in [1.807, 2.05) is 0 Å². The van der Waals surface area contributed by atoms with Crippen molar-refractivity contribution in [3.8, 4) is 0 Å². The molecule has 14 heavy (non-hydrogen) atoms. The van der Waals surface area contributed by atoms with Crippen molar-refractivity contribution in [1.82, 2.24) is 0 Å². The van der Waals surface area contributed by atoms with Crippen LogP contribution in [0.25, 0.3) is 0 Å². The van der Waals surface area contributed by atoms with E-state index in [2.05, 4.69) is 4.74 Å². The lowest BCUT2D eigenvalue weighted by Gasteiger charge is -2.35. The summed E-state index contributed by atoms with van der Waals surface area (Å²) in [5.74, 6) is -0.764. The Balaban J connectivity index is 4.89. The van der Waals surface area contributed by atoms with E-state index in [1.165, 1.54) is 20.8 Å². The maximum absolute atomic E-state index is 11.4. The van der Waals surface area contributed by atoms with Gasteiger partial charge < -0.3 is 14.6 Å². The molecule has 0 unspecified atom stereocenters. The number of carbonyl (C=O) groups excluding carboxylic acids is 2. The van der Waals surface area contributed by atoms with Crippen molar-refractivity contribution in [3.63, 3.8) is 0 Å². The van der Waals surface area contributed by atoms with Gasteiger partial charge in [-0.1, -0.05) is 0 Å². The van der Waals surface area contributed by atoms with Gasteiger partial charge in [0.2, 0.25) is 5.60 Å². The fraction of sp³-hybridized carbons (Fsp3) is 0.778. The molecule has 1 atom stereocenters. The van der Waals surface area contributed by atoms with Crippen LogP contribution >= 0.6 is 0 Å². The van der Waals surface area contributed by atoms with Crippen molar-refractivity contribution in [2.24, 2.45) is 0 Å². The number of aliphatic hydroxyl groups is 1. The molecule has 0 aromatic heterocycles. The molecule has 82 valence electrons. The minimum Gasteiger partial charge on any atom is -0.463 e. The highest BCUT2D eigenvalue weighted by atomic mass is 16.6. The Labute approximate surface area is 83.0 Å². The van der Waals surface area contributed by atoms with Crippen LogP contribution in [0.2, 0.25) is 0 Å². The topological polar surface area (TPSA) is 72.8 Å².